The molecule has 0 saturated carbocycles. The molecule has 1 aliphatic heterocycles. The highest BCUT2D eigenvalue weighted by atomic mass is 16.6. The van der Waals surface area contributed by atoms with Gasteiger partial charge in [-0.15, -0.1) is 0 Å². The summed E-state index contributed by atoms with van der Waals surface area (Å²) in [5.41, 5.74) is 0. The molecule has 0 aliphatic carbocycles. The van der Waals surface area contributed by atoms with Crippen LogP contribution in [0.25, 0.3) is 5.76 Å². The first kappa shape index (κ1) is 13.1. The van der Waals surface area contributed by atoms with Crippen LogP contribution in [0.5, 0.6) is 0 Å². The lowest BCUT2D eigenvalue weighted by Gasteiger charge is -2.34. The molecule has 1 aromatic heterocycles. The topological polar surface area (TPSA) is 50.1 Å². The third kappa shape index (κ3) is 2.58. The Morgan fingerprint density at radius 1 is 1.22 bits per heavy atom. The standard InChI is InChI=1S/C13H18O5/c1-14-8-12-13(16-3)11(15-2)7-10(18-12)9-5-4-6-17-9/h4-7,11-13H,8H2,1-3H3/t11-,12-,13+/m1/s1. The molecule has 0 bridgehead atoms. The zero-order valence-corrected chi connectivity index (χ0v) is 10.8. The Kier molecular flexibility index (Phi) is 4.41. The Morgan fingerprint density at radius 3 is 2.61 bits per heavy atom. The van der Waals surface area contributed by atoms with E-state index in [9.17, 15) is 0 Å². The Morgan fingerprint density at radius 2 is 2.06 bits per heavy atom. The first-order chi connectivity index (χ1) is 8.80. The lowest BCUT2D eigenvalue weighted by atomic mass is 10.0. The highest BCUT2D eigenvalue weighted by Gasteiger charge is 2.36. The van der Waals surface area contributed by atoms with Gasteiger partial charge >= 0.3 is 0 Å². The third-order valence-electron chi connectivity index (χ3n) is 2.92. The number of hydrogen-bond donors (Lipinski definition) is 0. The van der Waals surface area contributed by atoms with E-state index in [1.54, 1.807) is 27.6 Å². The Balaban J connectivity index is 2.24. The summed E-state index contributed by atoms with van der Waals surface area (Å²) in [5.74, 6) is 1.33. The summed E-state index contributed by atoms with van der Waals surface area (Å²) in [4.78, 5) is 0. The maximum absolute atomic E-state index is 5.84. The Labute approximate surface area is 106 Å². The van der Waals surface area contributed by atoms with Crippen LogP contribution in [-0.4, -0.2) is 46.2 Å². The number of ether oxygens (including phenoxy) is 4. The summed E-state index contributed by atoms with van der Waals surface area (Å²) >= 11 is 0. The quantitative estimate of drug-likeness (QED) is 0.800. The largest absolute Gasteiger partial charge is 0.481 e. The van der Waals surface area contributed by atoms with Gasteiger partial charge in [0.15, 0.2) is 17.6 Å². The van der Waals surface area contributed by atoms with Crippen LogP contribution in [-0.2, 0) is 18.9 Å². The SMILES string of the molecule is COC[C@H]1OC(c2ccco2)=C[C@@H](OC)[C@@H]1OC. The normalized spacial score (nSPS) is 27.7. The minimum atomic E-state index is -0.227. The van der Waals surface area contributed by atoms with Gasteiger partial charge in [-0.2, -0.15) is 0 Å². The molecule has 18 heavy (non-hydrogen) atoms. The third-order valence-corrected chi connectivity index (χ3v) is 2.92. The average molecular weight is 254 g/mol. The molecule has 2 heterocycles. The number of rotatable bonds is 5. The molecule has 0 amide bonds. The number of furan rings is 1. The zero-order chi connectivity index (χ0) is 13.0. The first-order valence-corrected chi connectivity index (χ1v) is 5.77. The van der Waals surface area contributed by atoms with Gasteiger partial charge < -0.3 is 23.4 Å². The van der Waals surface area contributed by atoms with E-state index in [-0.39, 0.29) is 18.3 Å². The summed E-state index contributed by atoms with van der Waals surface area (Å²) in [5, 5.41) is 0. The van der Waals surface area contributed by atoms with E-state index >= 15 is 0 Å². The van der Waals surface area contributed by atoms with E-state index in [4.69, 9.17) is 23.4 Å². The van der Waals surface area contributed by atoms with Gasteiger partial charge in [-0.3, -0.25) is 0 Å². The van der Waals surface area contributed by atoms with Crippen LogP contribution < -0.4 is 0 Å². The smallest absolute Gasteiger partial charge is 0.168 e. The molecule has 1 aromatic rings. The molecule has 0 unspecified atom stereocenters. The summed E-state index contributed by atoms with van der Waals surface area (Å²) in [6.45, 7) is 0.427. The van der Waals surface area contributed by atoms with Crippen molar-refractivity contribution >= 4 is 5.76 Å². The van der Waals surface area contributed by atoms with E-state index < -0.39 is 0 Å². The van der Waals surface area contributed by atoms with Crippen molar-refractivity contribution in [2.45, 2.75) is 18.3 Å². The highest BCUT2D eigenvalue weighted by Crippen LogP contribution is 2.28. The van der Waals surface area contributed by atoms with Gasteiger partial charge in [-0.1, -0.05) is 0 Å². The van der Waals surface area contributed by atoms with E-state index in [1.165, 1.54) is 0 Å². The van der Waals surface area contributed by atoms with Crippen molar-refractivity contribution in [2.24, 2.45) is 0 Å². The molecule has 1 aliphatic rings. The molecule has 0 fully saturated rings. The second-order valence-corrected chi connectivity index (χ2v) is 4.02. The van der Waals surface area contributed by atoms with Crippen molar-refractivity contribution in [2.75, 3.05) is 27.9 Å². The fraction of sp³-hybridized carbons (Fsp3) is 0.538. The molecular formula is C13H18O5. The molecule has 0 aromatic carbocycles. The number of hydrogen-bond acceptors (Lipinski definition) is 5. The van der Waals surface area contributed by atoms with Crippen molar-refractivity contribution in [1.29, 1.82) is 0 Å². The van der Waals surface area contributed by atoms with Crippen LogP contribution in [0.1, 0.15) is 5.76 Å². The fourth-order valence-electron chi connectivity index (χ4n) is 2.07. The molecule has 0 radical (unpaired) electrons. The van der Waals surface area contributed by atoms with E-state index in [1.807, 2.05) is 18.2 Å². The average Bonchev–Trinajstić information content (AvgIpc) is 2.92. The van der Waals surface area contributed by atoms with E-state index in [0.29, 0.717) is 18.1 Å². The fourth-order valence-corrected chi connectivity index (χ4v) is 2.07. The zero-order valence-electron chi connectivity index (χ0n) is 10.8. The molecule has 2 rings (SSSR count). The Bertz CT molecular complexity index is 384. The molecule has 5 nitrogen and oxygen atoms in total. The van der Waals surface area contributed by atoms with Crippen LogP contribution >= 0.6 is 0 Å². The van der Waals surface area contributed by atoms with Crippen molar-refractivity contribution in [3.63, 3.8) is 0 Å². The predicted octanol–water partition coefficient (Wildman–Crippen LogP) is 1.70. The molecule has 0 spiro atoms. The summed E-state index contributed by atoms with van der Waals surface area (Å²) in [7, 11) is 4.90. The summed E-state index contributed by atoms with van der Waals surface area (Å²) in [6, 6.07) is 3.66. The van der Waals surface area contributed by atoms with Gasteiger partial charge in [-0.25, -0.2) is 0 Å². The van der Waals surface area contributed by atoms with Gasteiger partial charge in [0.1, 0.15) is 12.2 Å². The second kappa shape index (κ2) is 6.04. The molecule has 0 saturated heterocycles. The van der Waals surface area contributed by atoms with Crippen LogP contribution in [0.4, 0.5) is 0 Å². The van der Waals surface area contributed by atoms with Crippen molar-refractivity contribution < 1.29 is 23.4 Å². The minimum Gasteiger partial charge on any atom is -0.481 e. The van der Waals surface area contributed by atoms with Crippen LogP contribution in [0.15, 0.2) is 28.9 Å². The predicted molar refractivity (Wildman–Crippen MR) is 65.0 cm³/mol. The second-order valence-electron chi connectivity index (χ2n) is 4.02. The molecule has 0 N–H and O–H groups in total. The monoisotopic (exact) mass is 254 g/mol. The van der Waals surface area contributed by atoms with Crippen molar-refractivity contribution in [3.8, 4) is 0 Å². The van der Waals surface area contributed by atoms with Crippen molar-refractivity contribution in [3.05, 3.63) is 30.2 Å². The van der Waals surface area contributed by atoms with Crippen molar-refractivity contribution in [1.82, 2.24) is 0 Å². The maximum Gasteiger partial charge on any atom is 0.168 e. The van der Waals surface area contributed by atoms with E-state index in [2.05, 4.69) is 0 Å². The van der Waals surface area contributed by atoms with Crippen LogP contribution in [0.2, 0.25) is 0 Å². The summed E-state index contributed by atoms with van der Waals surface area (Å²) in [6.07, 6.45) is 2.85. The first-order valence-electron chi connectivity index (χ1n) is 5.77. The van der Waals surface area contributed by atoms with Gasteiger partial charge in [0.2, 0.25) is 0 Å². The lowest BCUT2D eigenvalue weighted by Crippen LogP contribution is -2.45. The summed E-state index contributed by atoms with van der Waals surface area (Å²) < 4.78 is 27.2. The molecule has 3 atom stereocenters. The maximum atomic E-state index is 5.84. The molecular weight excluding hydrogens is 236 g/mol. The number of methoxy groups -OCH3 is 3. The van der Waals surface area contributed by atoms with Gasteiger partial charge in [0, 0.05) is 21.3 Å². The van der Waals surface area contributed by atoms with E-state index in [0.717, 1.165) is 0 Å². The lowest BCUT2D eigenvalue weighted by molar-refractivity contribution is -0.107. The molecule has 5 heteroatoms. The van der Waals surface area contributed by atoms with Crippen LogP contribution in [0, 0.1) is 0 Å². The van der Waals surface area contributed by atoms with Gasteiger partial charge in [0.25, 0.3) is 0 Å². The Hall–Kier alpha value is -1.30. The van der Waals surface area contributed by atoms with Gasteiger partial charge in [-0.05, 0) is 18.2 Å². The minimum absolute atomic E-state index is 0.191. The van der Waals surface area contributed by atoms with Crippen LogP contribution in [0.3, 0.4) is 0 Å². The molecule has 100 valence electrons. The highest BCUT2D eigenvalue weighted by molar-refractivity contribution is 5.56. The van der Waals surface area contributed by atoms with Gasteiger partial charge in [0.05, 0.1) is 12.9 Å².